The van der Waals surface area contributed by atoms with Gasteiger partial charge in [-0.15, -0.1) is 0 Å². The third kappa shape index (κ3) is 5.99. The Morgan fingerprint density at radius 1 is 1.04 bits per heavy atom. The number of amides is 1. The number of carbonyl (C=O) groups is 1. The zero-order valence-electron chi connectivity index (χ0n) is 15.0. The average molecular weight is 405 g/mol. The molecule has 0 N–H and O–H groups in total. The minimum atomic E-state index is -0.0273. The molecule has 6 heteroatoms. The Morgan fingerprint density at radius 3 is 2.48 bits per heavy atom. The number of benzene rings is 2. The quantitative estimate of drug-likeness (QED) is 0.721. The Labute approximate surface area is 169 Å². The van der Waals surface area contributed by atoms with Crippen LogP contribution >= 0.6 is 23.2 Å². The SMILES string of the molecule is O=C(COc1ccc(Cl)cc1Cl)N1CCN(CC=Cc2ccccc2)CC1. The first-order chi connectivity index (χ1) is 13.1. The number of rotatable bonds is 6. The van der Waals surface area contributed by atoms with Gasteiger partial charge in [-0.2, -0.15) is 0 Å². The Balaban J connectivity index is 1.40. The van der Waals surface area contributed by atoms with Crippen LogP contribution in [0.4, 0.5) is 0 Å². The zero-order valence-corrected chi connectivity index (χ0v) is 16.5. The minimum Gasteiger partial charge on any atom is -0.482 e. The number of piperazine rings is 1. The van der Waals surface area contributed by atoms with Gasteiger partial charge < -0.3 is 9.64 Å². The summed E-state index contributed by atoms with van der Waals surface area (Å²) in [5.41, 5.74) is 1.20. The highest BCUT2D eigenvalue weighted by Crippen LogP contribution is 2.27. The summed E-state index contributed by atoms with van der Waals surface area (Å²) in [5.74, 6) is 0.444. The van der Waals surface area contributed by atoms with Crippen LogP contribution in [0.15, 0.2) is 54.6 Å². The first-order valence-electron chi connectivity index (χ1n) is 8.91. The van der Waals surface area contributed by atoms with Crippen molar-refractivity contribution in [3.8, 4) is 5.75 Å². The van der Waals surface area contributed by atoms with Crippen LogP contribution in [0.2, 0.25) is 10.0 Å². The molecular weight excluding hydrogens is 383 g/mol. The third-order valence-corrected chi connectivity index (χ3v) is 4.97. The van der Waals surface area contributed by atoms with Gasteiger partial charge in [0.05, 0.1) is 5.02 Å². The molecule has 1 fully saturated rings. The molecule has 0 atom stereocenters. The molecule has 3 rings (SSSR count). The second-order valence-electron chi connectivity index (χ2n) is 6.36. The van der Waals surface area contributed by atoms with E-state index in [1.165, 1.54) is 5.56 Å². The van der Waals surface area contributed by atoms with Crippen LogP contribution in [-0.2, 0) is 4.79 Å². The number of hydrogen-bond donors (Lipinski definition) is 0. The van der Waals surface area contributed by atoms with Crippen molar-refractivity contribution in [2.24, 2.45) is 0 Å². The molecule has 1 heterocycles. The Morgan fingerprint density at radius 2 is 1.78 bits per heavy atom. The van der Waals surface area contributed by atoms with E-state index in [9.17, 15) is 4.79 Å². The van der Waals surface area contributed by atoms with Gasteiger partial charge >= 0.3 is 0 Å². The molecular formula is C21H22Cl2N2O2. The number of carbonyl (C=O) groups excluding carboxylic acids is 1. The van der Waals surface area contributed by atoms with Gasteiger partial charge in [0.1, 0.15) is 5.75 Å². The van der Waals surface area contributed by atoms with Gasteiger partial charge in [-0.05, 0) is 23.8 Å². The van der Waals surface area contributed by atoms with Gasteiger partial charge in [0.25, 0.3) is 5.91 Å². The molecule has 4 nitrogen and oxygen atoms in total. The van der Waals surface area contributed by atoms with E-state index in [1.54, 1.807) is 18.2 Å². The Hall–Kier alpha value is -2.01. The lowest BCUT2D eigenvalue weighted by Gasteiger charge is -2.34. The van der Waals surface area contributed by atoms with E-state index in [-0.39, 0.29) is 12.5 Å². The summed E-state index contributed by atoms with van der Waals surface area (Å²) in [4.78, 5) is 16.5. The van der Waals surface area contributed by atoms with E-state index in [0.29, 0.717) is 28.9 Å². The molecule has 0 radical (unpaired) electrons. The summed E-state index contributed by atoms with van der Waals surface area (Å²) >= 11 is 11.9. The molecule has 2 aromatic carbocycles. The molecule has 2 aromatic rings. The lowest BCUT2D eigenvalue weighted by atomic mass is 10.2. The monoisotopic (exact) mass is 404 g/mol. The molecule has 0 unspecified atom stereocenters. The summed E-state index contributed by atoms with van der Waals surface area (Å²) in [6.07, 6.45) is 4.29. The summed E-state index contributed by atoms with van der Waals surface area (Å²) in [5, 5.41) is 0.946. The second kappa shape index (κ2) is 9.79. The van der Waals surface area contributed by atoms with Crippen LogP contribution in [0.3, 0.4) is 0 Å². The van der Waals surface area contributed by atoms with E-state index in [4.69, 9.17) is 27.9 Å². The van der Waals surface area contributed by atoms with Crippen LogP contribution in [-0.4, -0.2) is 55.0 Å². The maximum atomic E-state index is 12.4. The fourth-order valence-corrected chi connectivity index (χ4v) is 3.37. The van der Waals surface area contributed by atoms with Gasteiger partial charge in [0, 0.05) is 37.7 Å². The normalized spacial score (nSPS) is 15.3. The summed E-state index contributed by atoms with van der Waals surface area (Å²) in [6.45, 7) is 3.98. The molecule has 0 bridgehead atoms. The summed E-state index contributed by atoms with van der Waals surface area (Å²) in [7, 11) is 0. The van der Waals surface area contributed by atoms with E-state index >= 15 is 0 Å². The molecule has 0 aromatic heterocycles. The lowest BCUT2D eigenvalue weighted by Crippen LogP contribution is -2.49. The number of halogens is 2. The third-order valence-electron chi connectivity index (χ3n) is 4.44. The maximum Gasteiger partial charge on any atom is 0.260 e. The van der Waals surface area contributed by atoms with E-state index in [0.717, 1.165) is 19.6 Å². The highest BCUT2D eigenvalue weighted by Gasteiger charge is 2.21. The van der Waals surface area contributed by atoms with Crippen LogP contribution in [0.25, 0.3) is 6.08 Å². The average Bonchev–Trinajstić information content (AvgIpc) is 2.68. The molecule has 0 spiro atoms. The van der Waals surface area contributed by atoms with E-state index in [2.05, 4.69) is 29.2 Å². The van der Waals surface area contributed by atoms with Crippen molar-refractivity contribution in [3.63, 3.8) is 0 Å². The first-order valence-corrected chi connectivity index (χ1v) is 9.67. The molecule has 1 amide bonds. The molecule has 1 aliphatic heterocycles. The molecule has 1 aliphatic rings. The van der Waals surface area contributed by atoms with E-state index in [1.807, 2.05) is 23.1 Å². The van der Waals surface area contributed by atoms with Crippen LogP contribution in [0.1, 0.15) is 5.56 Å². The summed E-state index contributed by atoms with van der Waals surface area (Å²) in [6, 6.07) is 15.2. The van der Waals surface area contributed by atoms with Crippen LogP contribution in [0, 0.1) is 0 Å². The predicted molar refractivity (Wildman–Crippen MR) is 110 cm³/mol. The fraction of sp³-hybridized carbons (Fsp3) is 0.286. The standard InChI is InChI=1S/C21H22Cl2N2O2/c22-18-8-9-20(19(23)15-18)27-16-21(26)25-13-11-24(12-14-25)10-4-7-17-5-2-1-3-6-17/h1-9,15H,10-14,16H2. The van der Waals surface area contributed by atoms with Crippen molar-refractivity contribution in [1.29, 1.82) is 0 Å². The van der Waals surface area contributed by atoms with Crippen molar-refractivity contribution in [3.05, 3.63) is 70.2 Å². The Kier molecular flexibility index (Phi) is 7.16. The highest BCUT2D eigenvalue weighted by molar-refractivity contribution is 6.35. The maximum absolute atomic E-state index is 12.4. The second-order valence-corrected chi connectivity index (χ2v) is 7.20. The van der Waals surface area contributed by atoms with Crippen LogP contribution in [0.5, 0.6) is 5.75 Å². The zero-order chi connectivity index (χ0) is 19.1. The van der Waals surface area contributed by atoms with Crippen molar-refractivity contribution in [1.82, 2.24) is 9.80 Å². The lowest BCUT2D eigenvalue weighted by molar-refractivity contribution is -0.135. The van der Waals surface area contributed by atoms with Crippen molar-refractivity contribution >= 4 is 35.2 Å². The molecule has 0 aliphatic carbocycles. The highest BCUT2D eigenvalue weighted by atomic mass is 35.5. The topological polar surface area (TPSA) is 32.8 Å². The minimum absolute atomic E-state index is 0.0186. The van der Waals surface area contributed by atoms with Gasteiger partial charge in [0.2, 0.25) is 0 Å². The van der Waals surface area contributed by atoms with Gasteiger partial charge in [-0.3, -0.25) is 9.69 Å². The van der Waals surface area contributed by atoms with Crippen LogP contribution < -0.4 is 4.74 Å². The fourth-order valence-electron chi connectivity index (χ4n) is 2.90. The molecule has 142 valence electrons. The van der Waals surface area contributed by atoms with Gasteiger partial charge in [-0.25, -0.2) is 0 Å². The number of hydrogen-bond acceptors (Lipinski definition) is 3. The smallest absolute Gasteiger partial charge is 0.260 e. The van der Waals surface area contributed by atoms with Gasteiger partial charge in [-0.1, -0.05) is 65.7 Å². The number of nitrogens with zero attached hydrogens (tertiary/aromatic N) is 2. The van der Waals surface area contributed by atoms with E-state index < -0.39 is 0 Å². The first kappa shape index (κ1) is 19.7. The van der Waals surface area contributed by atoms with Crippen molar-refractivity contribution in [2.45, 2.75) is 0 Å². The number of ether oxygens (including phenoxy) is 1. The molecule has 27 heavy (non-hydrogen) atoms. The largest absolute Gasteiger partial charge is 0.482 e. The van der Waals surface area contributed by atoms with Gasteiger partial charge in [0.15, 0.2) is 6.61 Å². The predicted octanol–water partition coefficient (Wildman–Crippen LogP) is 4.23. The van der Waals surface area contributed by atoms with Crippen molar-refractivity contribution in [2.75, 3.05) is 39.3 Å². The summed E-state index contributed by atoms with van der Waals surface area (Å²) < 4.78 is 5.54. The van der Waals surface area contributed by atoms with Crippen molar-refractivity contribution < 1.29 is 9.53 Å². The molecule has 1 saturated heterocycles. The Bertz CT molecular complexity index is 788. The molecule has 0 saturated carbocycles.